The molecule has 25 heavy (non-hydrogen) atoms. The summed E-state index contributed by atoms with van der Waals surface area (Å²) < 4.78 is 27.3. The Morgan fingerprint density at radius 2 is 1.76 bits per heavy atom. The highest BCUT2D eigenvalue weighted by Crippen LogP contribution is 2.24. The molecule has 2 aromatic rings. The van der Waals surface area contributed by atoms with Crippen molar-refractivity contribution in [2.75, 3.05) is 5.32 Å². The molecule has 1 amide bonds. The summed E-state index contributed by atoms with van der Waals surface area (Å²) in [5, 5.41) is 10.2. The van der Waals surface area contributed by atoms with E-state index in [9.17, 15) is 13.2 Å². The number of rotatable bonds is 5. The molecular formula is C16H22N4O3S2. The molecular weight excluding hydrogens is 360 g/mol. The molecule has 0 aliphatic rings. The van der Waals surface area contributed by atoms with E-state index in [0.29, 0.717) is 0 Å². The fraction of sp³-hybridized carbons (Fsp3) is 0.438. The van der Waals surface area contributed by atoms with Crippen molar-refractivity contribution < 1.29 is 13.2 Å². The van der Waals surface area contributed by atoms with E-state index >= 15 is 0 Å². The van der Waals surface area contributed by atoms with Crippen LogP contribution in [0.1, 0.15) is 44.9 Å². The Morgan fingerprint density at radius 3 is 2.32 bits per heavy atom. The third-order valence-electron chi connectivity index (χ3n) is 3.45. The molecule has 1 atom stereocenters. The van der Waals surface area contributed by atoms with Crippen LogP contribution < -0.4 is 10.0 Å². The van der Waals surface area contributed by atoms with Gasteiger partial charge in [-0.05, 0) is 19.4 Å². The van der Waals surface area contributed by atoms with Crippen LogP contribution in [-0.2, 0) is 14.8 Å². The number of sulfonamides is 1. The van der Waals surface area contributed by atoms with Gasteiger partial charge in [-0.3, -0.25) is 4.79 Å². The van der Waals surface area contributed by atoms with Crippen molar-refractivity contribution in [1.29, 1.82) is 0 Å². The van der Waals surface area contributed by atoms with Crippen molar-refractivity contribution in [2.45, 2.75) is 45.0 Å². The number of nitrogens with zero attached hydrogens (tertiary/aromatic N) is 2. The van der Waals surface area contributed by atoms with Crippen LogP contribution in [0.5, 0.6) is 0 Å². The van der Waals surface area contributed by atoms with Crippen molar-refractivity contribution in [3.05, 3.63) is 35.4 Å². The molecule has 0 spiro atoms. The number of aromatic nitrogens is 2. The van der Waals surface area contributed by atoms with Gasteiger partial charge in [0.05, 0.1) is 0 Å². The Labute approximate surface area is 151 Å². The van der Waals surface area contributed by atoms with Crippen molar-refractivity contribution in [3.63, 3.8) is 0 Å². The van der Waals surface area contributed by atoms with Crippen LogP contribution in [-0.4, -0.2) is 24.5 Å². The number of nitrogens with one attached hydrogen (secondary N) is 2. The maximum Gasteiger partial charge on any atom is 0.270 e. The Hall–Kier alpha value is -1.84. The molecule has 0 saturated carbocycles. The van der Waals surface area contributed by atoms with Gasteiger partial charge in [0.2, 0.25) is 15.4 Å². The highest BCUT2D eigenvalue weighted by molar-refractivity contribution is 7.91. The van der Waals surface area contributed by atoms with Crippen LogP contribution in [0.25, 0.3) is 0 Å². The molecule has 2 N–H and O–H groups in total. The normalized spacial score (nSPS) is 13.5. The molecule has 1 heterocycles. The Balaban J connectivity index is 2.12. The third kappa shape index (κ3) is 5.07. The predicted molar refractivity (Wildman–Crippen MR) is 97.9 cm³/mol. The molecule has 7 nitrogen and oxygen atoms in total. The van der Waals surface area contributed by atoms with Gasteiger partial charge in [-0.25, -0.2) is 13.1 Å². The minimum absolute atomic E-state index is 0.156. The summed E-state index contributed by atoms with van der Waals surface area (Å²) >= 11 is 0.819. The van der Waals surface area contributed by atoms with Crippen molar-refractivity contribution in [1.82, 2.24) is 14.9 Å². The Bertz CT molecular complexity index is 852. The third-order valence-corrected chi connectivity index (χ3v) is 6.19. The van der Waals surface area contributed by atoms with Crippen molar-refractivity contribution in [3.8, 4) is 0 Å². The lowest BCUT2D eigenvalue weighted by molar-refractivity contribution is -0.123. The Morgan fingerprint density at radius 1 is 1.16 bits per heavy atom. The van der Waals surface area contributed by atoms with Gasteiger partial charge in [-0.2, -0.15) is 0 Å². The minimum atomic E-state index is -3.82. The molecule has 0 radical (unpaired) electrons. The smallest absolute Gasteiger partial charge is 0.270 e. The van der Waals surface area contributed by atoms with Crippen LogP contribution in [0.3, 0.4) is 0 Å². The zero-order chi connectivity index (χ0) is 18.8. The zero-order valence-electron chi connectivity index (χ0n) is 14.8. The molecule has 136 valence electrons. The van der Waals surface area contributed by atoms with Gasteiger partial charge in [0.25, 0.3) is 10.0 Å². The maximum absolute atomic E-state index is 12.5. The SMILES string of the molecule is Cc1ccc(C(C)NS(=O)(=O)c2nnc(NC(=O)C(C)(C)C)s2)cc1. The quantitative estimate of drug-likeness (QED) is 0.774. The first-order valence-corrected chi connectivity index (χ1v) is 10.0. The molecule has 1 aromatic carbocycles. The van der Waals surface area contributed by atoms with Crippen LogP contribution >= 0.6 is 11.3 Å². The number of hydrogen-bond donors (Lipinski definition) is 2. The molecule has 0 aliphatic carbocycles. The monoisotopic (exact) mass is 382 g/mol. The van der Waals surface area contributed by atoms with Crippen molar-refractivity contribution in [2.24, 2.45) is 5.41 Å². The zero-order valence-corrected chi connectivity index (χ0v) is 16.5. The number of benzene rings is 1. The summed E-state index contributed by atoms with van der Waals surface area (Å²) in [7, 11) is -3.82. The first-order valence-electron chi connectivity index (χ1n) is 7.73. The summed E-state index contributed by atoms with van der Waals surface area (Å²) in [6.45, 7) is 8.99. The van der Waals surface area contributed by atoms with Crippen LogP contribution in [0.15, 0.2) is 28.6 Å². The molecule has 0 saturated heterocycles. The average molecular weight is 383 g/mol. The standard InChI is InChI=1S/C16H22N4O3S2/c1-10-6-8-12(9-7-10)11(2)20-25(22,23)15-19-18-14(24-15)17-13(21)16(3,4)5/h6-9,11,20H,1-5H3,(H,17,18,21). The first-order chi connectivity index (χ1) is 11.5. The van der Waals surface area contributed by atoms with E-state index in [2.05, 4.69) is 20.2 Å². The summed E-state index contributed by atoms with van der Waals surface area (Å²) in [6, 6.07) is 7.17. The highest BCUT2D eigenvalue weighted by Gasteiger charge is 2.26. The van der Waals surface area contributed by atoms with Gasteiger partial charge in [-0.1, -0.05) is 61.9 Å². The first kappa shape index (κ1) is 19.5. The lowest BCUT2D eigenvalue weighted by Gasteiger charge is -2.15. The number of aryl methyl sites for hydroxylation is 1. The molecule has 9 heteroatoms. The molecule has 0 bridgehead atoms. The van der Waals surface area contributed by atoms with Gasteiger partial charge in [-0.15, -0.1) is 10.2 Å². The summed E-state index contributed by atoms with van der Waals surface area (Å²) in [6.07, 6.45) is 0. The molecule has 1 aromatic heterocycles. The van der Waals surface area contributed by atoms with E-state index in [-0.39, 0.29) is 15.4 Å². The van der Waals surface area contributed by atoms with Gasteiger partial charge >= 0.3 is 0 Å². The van der Waals surface area contributed by atoms with Crippen LogP contribution in [0, 0.1) is 12.3 Å². The lowest BCUT2D eigenvalue weighted by atomic mass is 9.96. The van der Waals surface area contributed by atoms with Gasteiger partial charge in [0, 0.05) is 11.5 Å². The highest BCUT2D eigenvalue weighted by atomic mass is 32.2. The number of carbonyl (C=O) groups excluding carboxylic acids is 1. The number of carbonyl (C=O) groups is 1. The van der Waals surface area contributed by atoms with E-state index in [1.54, 1.807) is 27.7 Å². The topological polar surface area (TPSA) is 101 Å². The molecule has 0 fully saturated rings. The fourth-order valence-electron chi connectivity index (χ4n) is 1.86. The Kier molecular flexibility index (Phi) is 5.60. The molecule has 1 unspecified atom stereocenters. The van der Waals surface area contributed by atoms with E-state index in [1.807, 2.05) is 31.2 Å². The van der Waals surface area contributed by atoms with E-state index in [4.69, 9.17) is 0 Å². The molecule has 0 aliphatic heterocycles. The minimum Gasteiger partial charge on any atom is -0.300 e. The summed E-state index contributed by atoms with van der Waals surface area (Å²) in [5.41, 5.74) is 1.34. The second-order valence-corrected chi connectivity index (χ2v) is 9.70. The van der Waals surface area contributed by atoms with Gasteiger partial charge < -0.3 is 5.32 Å². The van der Waals surface area contributed by atoms with Gasteiger partial charge in [0.15, 0.2) is 0 Å². The number of amides is 1. The maximum atomic E-state index is 12.5. The van der Waals surface area contributed by atoms with Gasteiger partial charge in [0.1, 0.15) is 0 Å². The largest absolute Gasteiger partial charge is 0.300 e. The van der Waals surface area contributed by atoms with E-state index in [1.165, 1.54) is 0 Å². The fourth-order valence-corrected chi connectivity index (χ4v) is 4.00. The van der Waals surface area contributed by atoms with E-state index < -0.39 is 21.5 Å². The summed E-state index contributed by atoms with van der Waals surface area (Å²) in [5.74, 6) is -0.256. The lowest BCUT2D eigenvalue weighted by Crippen LogP contribution is -2.27. The van der Waals surface area contributed by atoms with Crippen molar-refractivity contribution >= 4 is 32.4 Å². The van der Waals surface area contributed by atoms with E-state index in [0.717, 1.165) is 22.5 Å². The molecule has 2 rings (SSSR count). The number of hydrogen-bond acceptors (Lipinski definition) is 6. The second-order valence-electron chi connectivity index (χ2n) is 6.83. The second kappa shape index (κ2) is 7.19. The number of anilines is 1. The summed E-state index contributed by atoms with van der Waals surface area (Å²) in [4.78, 5) is 11.9. The average Bonchev–Trinajstić information content (AvgIpc) is 2.96. The van der Waals surface area contributed by atoms with Crippen LogP contribution in [0.2, 0.25) is 0 Å². The van der Waals surface area contributed by atoms with Crippen LogP contribution in [0.4, 0.5) is 5.13 Å². The predicted octanol–water partition coefficient (Wildman–Crippen LogP) is 2.87.